The molecule has 1 amide bonds. The molecule has 3 aromatic rings. The van der Waals surface area contributed by atoms with E-state index in [1.807, 2.05) is 30.3 Å². The quantitative estimate of drug-likeness (QED) is 0.640. The highest BCUT2D eigenvalue weighted by molar-refractivity contribution is 5.87. The zero-order valence-corrected chi connectivity index (χ0v) is 17.8. The van der Waals surface area contributed by atoms with Crippen molar-refractivity contribution in [3.8, 4) is 11.3 Å². The maximum atomic E-state index is 12.0. The number of para-hydroxylation sites is 1. The van der Waals surface area contributed by atoms with Gasteiger partial charge in [-0.1, -0.05) is 42.5 Å². The van der Waals surface area contributed by atoms with Crippen molar-refractivity contribution in [2.75, 3.05) is 32.8 Å². The minimum atomic E-state index is -0.195. The number of aromatic nitrogens is 1. The van der Waals surface area contributed by atoms with E-state index in [4.69, 9.17) is 9.72 Å². The third-order valence-corrected chi connectivity index (χ3v) is 5.49. The van der Waals surface area contributed by atoms with Gasteiger partial charge < -0.3 is 10.1 Å². The second-order valence-corrected chi connectivity index (χ2v) is 7.89. The van der Waals surface area contributed by atoms with Gasteiger partial charge in [-0.05, 0) is 23.3 Å². The van der Waals surface area contributed by atoms with Crippen molar-refractivity contribution in [1.29, 1.82) is 0 Å². The van der Waals surface area contributed by atoms with E-state index >= 15 is 0 Å². The van der Waals surface area contributed by atoms with E-state index < -0.39 is 0 Å². The maximum absolute atomic E-state index is 12.0. The largest absolute Gasteiger partial charge is 0.379 e. The van der Waals surface area contributed by atoms with Crippen molar-refractivity contribution in [2.24, 2.45) is 0 Å². The molecular weight excluding hydrogens is 390 g/mol. The first kappa shape index (κ1) is 21.2. The highest BCUT2D eigenvalue weighted by atomic mass is 16.5. The first-order valence-corrected chi connectivity index (χ1v) is 10.6. The van der Waals surface area contributed by atoms with Gasteiger partial charge in [-0.15, -0.1) is 0 Å². The number of carbonyl (C=O) groups is 2. The number of rotatable bonds is 7. The molecule has 2 heterocycles. The van der Waals surface area contributed by atoms with Gasteiger partial charge in [0.1, 0.15) is 0 Å². The zero-order valence-electron chi connectivity index (χ0n) is 17.8. The fourth-order valence-corrected chi connectivity index (χ4v) is 3.83. The lowest BCUT2D eigenvalue weighted by atomic mass is 10.0. The number of carbonyl (C=O) groups excluding carboxylic acids is 2. The second-order valence-electron chi connectivity index (χ2n) is 7.89. The van der Waals surface area contributed by atoms with Crippen LogP contribution in [0.3, 0.4) is 0 Å². The van der Waals surface area contributed by atoms with Gasteiger partial charge >= 0.3 is 0 Å². The molecule has 0 radical (unpaired) electrons. The summed E-state index contributed by atoms with van der Waals surface area (Å²) in [5.74, 6) is -0.210. The summed E-state index contributed by atoms with van der Waals surface area (Å²) >= 11 is 0. The van der Waals surface area contributed by atoms with Crippen LogP contribution in [0, 0.1) is 0 Å². The number of pyridine rings is 1. The normalized spacial score (nSPS) is 14.5. The molecule has 6 heteroatoms. The molecule has 1 aromatic heterocycles. The molecule has 0 aliphatic carbocycles. The van der Waals surface area contributed by atoms with Gasteiger partial charge in [-0.3, -0.25) is 14.5 Å². The SMILES string of the molecule is CC(=O)NCC(=O)Cc1ccc(-c2cc(CN3CCOCC3)c3ccccc3n2)cc1. The highest BCUT2D eigenvalue weighted by Crippen LogP contribution is 2.26. The number of fused-ring (bicyclic) bond motifs is 1. The van der Waals surface area contributed by atoms with E-state index in [1.165, 1.54) is 17.9 Å². The second kappa shape index (κ2) is 9.81. The Morgan fingerprint density at radius 1 is 1.06 bits per heavy atom. The number of hydrogen-bond acceptors (Lipinski definition) is 5. The maximum Gasteiger partial charge on any atom is 0.217 e. The highest BCUT2D eigenvalue weighted by Gasteiger charge is 2.14. The predicted molar refractivity (Wildman–Crippen MR) is 121 cm³/mol. The van der Waals surface area contributed by atoms with Crippen LogP contribution in [0.25, 0.3) is 22.2 Å². The van der Waals surface area contributed by atoms with Gasteiger partial charge in [0.05, 0.1) is 31.0 Å². The number of nitrogens with one attached hydrogen (secondary N) is 1. The van der Waals surface area contributed by atoms with Crippen molar-refractivity contribution in [3.63, 3.8) is 0 Å². The van der Waals surface area contributed by atoms with Crippen molar-refractivity contribution >= 4 is 22.6 Å². The van der Waals surface area contributed by atoms with Crippen LogP contribution >= 0.6 is 0 Å². The number of morpholine rings is 1. The number of hydrogen-bond donors (Lipinski definition) is 1. The van der Waals surface area contributed by atoms with Gasteiger partial charge in [0.15, 0.2) is 5.78 Å². The summed E-state index contributed by atoms with van der Waals surface area (Å²) in [5, 5.41) is 3.73. The van der Waals surface area contributed by atoms with E-state index in [1.54, 1.807) is 0 Å². The lowest BCUT2D eigenvalue weighted by Crippen LogP contribution is -2.35. The van der Waals surface area contributed by atoms with Gasteiger partial charge in [-0.2, -0.15) is 0 Å². The standard InChI is InChI=1S/C25H27N3O3/c1-18(29)26-16-22(30)14-19-6-8-20(9-7-19)25-15-21(17-28-10-12-31-13-11-28)23-4-2-3-5-24(23)27-25/h2-9,15H,10-14,16-17H2,1H3,(H,26,29). The summed E-state index contributed by atoms with van der Waals surface area (Å²) in [4.78, 5) is 30.3. The molecule has 160 valence electrons. The Hall–Kier alpha value is -3.09. The van der Waals surface area contributed by atoms with Crippen LogP contribution in [0.15, 0.2) is 54.6 Å². The van der Waals surface area contributed by atoms with Crippen LogP contribution in [0.5, 0.6) is 0 Å². The van der Waals surface area contributed by atoms with Gasteiger partial charge in [0, 0.05) is 43.9 Å². The average Bonchev–Trinajstić information content (AvgIpc) is 2.79. The van der Waals surface area contributed by atoms with Crippen LogP contribution in [0.4, 0.5) is 0 Å². The molecule has 6 nitrogen and oxygen atoms in total. The van der Waals surface area contributed by atoms with Crippen molar-refractivity contribution in [3.05, 3.63) is 65.7 Å². The van der Waals surface area contributed by atoms with E-state index in [-0.39, 0.29) is 18.2 Å². The molecule has 1 saturated heterocycles. The summed E-state index contributed by atoms with van der Waals surface area (Å²) < 4.78 is 5.48. The minimum absolute atomic E-state index is 0.0143. The van der Waals surface area contributed by atoms with E-state index in [0.29, 0.717) is 6.42 Å². The van der Waals surface area contributed by atoms with Gasteiger partial charge in [0.2, 0.25) is 5.91 Å². The summed E-state index contributed by atoms with van der Waals surface area (Å²) in [6.45, 7) is 5.77. The average molecular weight is 418 g/mol. The molecule has 1 fully saturated rings. The van der Waals surface area contributed by atoms with Crippen LogP contribution < -0.4 is 5.32 Å². The fraction of sp³-hybridized carbons (Fsp3) is 0.320. The van der Waals surface area contributed by atoms with Gasteiger partial charge in [0.25, 0.3) is 0 Å². The fourth-order valence-electron chi connectivity index (χ4n) is 3.83. The lowest BCUT2D eigenvalue weighted by molar-refractivity contribution is -0.123. The Bertz CT molecular complexity index is 1070. The minimum Gasteiger partial charge on any atom is -0.379 e. The van der Waals surface area contributed by atoms with Crippen LogP contribution in [-0.4, -0.2) is 54.4 Å². The first-order chi connectivity index (χ1) is 15.1. The van der Waals surface area contributed by atoms with Crippen molar-refractivity contribution < 1.29 is 14.3 Å². The number of ether oxygens (including phenoxy) is 1. The Morgan fingerprint density at radius 3 is 2.55 bits per heavy atom. The van der Waals surface area contributed by atoms with Gasteiger partial charge in [-0.25, -0.2) is 4.98 Å². The Morgan fingerprint density at radius 2 is 1.81 bits per heavy atom. The van der Waals surface area contributed by atoms with E-state index in [9.17, 15) is 9.59 Å². The molecule has 0 saturated carbocycles. The molecule has 1 aliphatic rings. The summed E-state index contributed by atoms with van der Waals surface area (Å²) in [7, 11) is 0. The molecule has 1 aliphatic heterocycles. The van der Waals surface area contributed by atoms with Crippen LogP contribution in [0.1, 0.15) is 18.1 Å². The zero-order chi connectivity index (χ0) is 21.6. The molecule has 0 spiro atoms. The Kier molecular flexibility index (Phi) is 6.70. The molecule has 2 aromatic carbocycles. The summed E-state index contributed by atoms with van der Waals surface area (Å²) in [6.07, 6.45) is 0.300. The van der Waals surface area contributed by atoms with E-state index in [2.05, 4.69) is 34.5 Å². The molecule has 4 rings (SSSR count). The van der Waals surface area contributed by atoms with Crippen molar-refractivity contribution in [2.45, 2.75) is 19.9 Å². The lowest BCUT2D eigenvalue weighted by Gasteiger charge is -2.27. The molecule has 0 unspecified atom stereocenters. The van der Waals surface area contributed by atoms with Crippen LogP contribution in [0.2, 0.25) is 0 Å². The Balaban J connectivity index is 1.56. The molecule has 1 N–H and O–H groups in total. The number of benzene rings is 2. The summed E-state index contributed by atoms with van der Waals surface area (Å²) in [6, 6.07) is 18.4. The van der Waals surface area contributed by atoms with Crippen LogP contribution in [-0.2, 0) is 27.3 Å². The number of ketones is 1. The number of amides is 1. The van der Waals surface area contributed by atoms with E-state index in [0.717, 1.165) is 55.2 Å². The molecule has 31 heavy (non-hydrogen) atoms. The smallest absolute Gasteiger partial charge is 0.217 e. The monoisotopic (exact) mass is 417 g/mol. The summed E-state index contributed by atoms with van der Waals surface area (Å²) in [5.41, 5.74) is 5.12. The molecular formula is C25H27N3O3. The molecule has 0 bridgehead atoms. The molecule has 0 atom stereocenters. The predicted octanol–water partition coefficient (Wildman–Crippen LogP) is 2.98. The Labute approximate surface area is 182 Å². The first-order valence-electron chi connectivity index (χ1n) is 10.6. The number of Topliss-reactive ketones (excluding diaryl/α,β-unsaturated/α-hetero) is 1. The van der Waals surface area contributed by atoms with Crippen molar-refractivity contribution in [1.82, 2.24) is 15.2 Å². The third-order valence-electron chi connectivity index (χ3n) is 5.49. The third kappa shape index (κ3) is 5.54. The topological polar surface area (TPSA) is 71.5 Å². The number of nitrogens with zero attached hydrogens (tertiary/aromatic N) is 2.